The third-order valence-corrected chi connectivity index (χ3v) is 4.45. The van der Waals surface area contributed by atoms with E-state index in [9.17, 15) is 9.90 Å². The molecule has 0 saturated heterocycles. The molecule has 6 nitrogen and oxygen atoms in total. The number of rotatable bonds is 6. The zero-order valence-electron chi connectivity index (χ0n) is 16.8. The number of carboxylic acid groups (broad SMARTS) is 1. The van der Waals surface area contributed by atoms with Gasteiger partial charge in [-0.25, -0.2) is 9.78 Å². The van der Waals surface area contributed by atoms with Gasteiger partial charge in [0.25, 0.3) is 0 Å². The van der Waals surface area contributed by atoms with Gasteiger partial charge in [0.1, 0.15) is 22.9 Å². The van der Waals surface area contributed by atoms with E-state index in [1.165, 1.54) is 7.11 Å². The Balaban J connectivity index is 2.10. The molecule has 0 aliphatic heterocycles. The van der Waals surface area contributed by atoms with Gasteiger partial charge in [-0.05, 0) is 44.0 Å². The first kappa shape index (κ1) is 20.1. The van der Waals surface area contributed by atoms with E-state index >= 15 is 0 Å². The van der Waals surface area contributed by atoms with Crippen molar-refractivity contribution in [3.63, 3.8) is 0 Å². The van der Waals surface area contributed by atoms with Crippen molar-refractivity contribution in [2.24, 2.45) is 0 Å². The third kappa shape index (κ3) is 4.43. The summed E-state index contributed by atoms with van der Waals surface area (Å²) in [6.45, 7) is 5.04. The fourth-order valence-corrected chi connectivity index (χ4v) is 3.06. The number of hydrogen-bond donors (Lipinski definition) is 1. The average molecular weight is 390 g/mol. The van der Waals surface area contributed by atoms with Crippen molar-refractivity contribution < 1.29 is 19.4 Å². The van der Waals surface area contributed by atoms with Gasteiger partial charge in [-0.2, -0.15) is 4.98 Å². The summed E-state index contributed by atoms with van der Waals surface area (Å²) in [6, 6.07) is 17.5. The van der Waals surface area contributed by atoms with E-state index in [1.807, 2.05) is 48.5 Å². The molecule has 0 saturated carbocycles. The highest BCUT2D eigenvalue weighted by molar-refractivity contribution is 6.17. The number of hydrogen-bond acceptors (Lipinski definition) is 5. The number of aromatic nitrogens is 2. The number of carbonyl (C=O) groups is 1. The van der Waals surface area contributed by atoms with Crippen molar-refractivity contribution in [1.29, 1.82) is 0 Å². The van der Waals surface area contributed by atoms with Crippen LogP contribution >= 0.6 is 0 Å². The third-order valence-electron chi connectivity index (χ3n) is 4.45. The Labute approximate surface area is 169 Å². The minimum absolute atomic E-state index is 0.0285. The summed E-state index contributed by atoms with van der Waals surface area (Å²) >= 11 is 0. The number of methoxy groups -OCH3 is 1. The summed E-state index contributed by atoms with van der Waals surface area (Å²) in [6.07, 6.45) is 0. The molecular weight excluding hydrogens is 368 g/mol. The zero-order valence-corrected chi connectivity index (χ0v) is 16.8. The highest BCUT2D eigenvalue weighted by Gasteiger charge is 2.25. The molecule has 3 aromatic rings. The topological polar surface area (TPSA) is 81.5 Å². The molecule has 0 amide bonds. The number of aliphatic carboxylic acids is 1. The van der Waals surface area contributed by atoms with Crippen molar-refractivity contribution in [3.8, 4) is 22.8 Å². The maximum Gasteiger partial charge on any atom is 0.340 e. The van der Waals surface area contributed by atoms with Crippen LogP contribution in [0.1, 0.15) is 24.0 Å². The quantitative estimate of drug-likeness (QED) is 0.470. The molecule has 1 N–H and O–H groups in total. The van der Waals surface area contributed by atoms with Crippen molar-refractivity contribution in [2.75, 3.05) is 7.11 Å². The molecule has 1 heterocycles. The molecule has 0 radical (unpaired) electrons. The predicted octanol–water partition coefficient (Wildman–Crippen LogP) is 5.01. The van der Waals surface area contributed by atoms with E-state index < -0.39 is 5.97 Å². The predicted molar refractivity (Wildman–Crippen MR) is 111 cm³/mol. The smallest absolute Gasteiger partial charge is 0.340 e. The highest BCUT2D eigenvalue weighted by Crippen LogP contribution is 2.34. The van der Waals surface area contributed by atoms with Crippen LogP contribution in [0.5, 0.6) is 11.6 Å². The fourth-order valence-electron chi connectivity index (χ4n) is 3.06. The molecule has 0 bridgehead atoms. The lowest BCUT2D eigenvalue weighted by molar-refractivity contribution is -0.130. The van der Waals surface area contributed by atoms with E-state index in [2.05, 4.69) is 9.97 Å². The van der Waals surface area contributed by atoms with E-state index in [0.717, 1.165) is 11.1 Å². The normalized spacial score (nSPS) is 11.6. The molecule has 0 unspecified atom stereocenters. The van der Waals surface area contributed by atoms with Crippen LogP contribution in [0, 0.1) is 13.8 Å². The highest BCUT2D eigenvalue weighted by atomic mass is 16.5. The number of benzene rings is 2. The first-order valence-electron chi connectivity index (χ1n) is 9.07. The second kappa shape index (κ2) is 8.56. The summed E-state index contributed by atoms with van der Waals surface area (Å²) in [4.78, 5) is 20.6. The lowest BCUT2D eigenvalue weighted by atomic mass is 10.0. The van der Waals surface area contributed by atoms with Gasteiger partial charge in [0, 0.05) is 0 Å². The monoisotopic (exact) mass is 390 g/mol. The van der Waals surface area contributed by atoms with Crippen LogP contribution in [-0.2, 0) is 9.53 Å². The Bertz CT molecular complexity index is 1080. The fraction of sp³-hybridized carbons (Fsp3) is 0.174. The number of nitrogens with zero attached hydrogens (tertiary/aromatic N) is 2. The minimum atomic E-state index is -1.14. The summed E-state index contributed by atoms with van der Waals surface area (Å²) in [7, 11) is 1.42. The maximum absolute atomic E-state index is 11.9. The van der Waals surface area contributed by atoms with E-state index in [1.54, 1.807) is 26.8 Å². The molecule has 2 aromatic carbocycles. The number of ether oxygens (including phenoxy) is 2. The van der Waals surface area contributed by atoms with Gasteiger partial charge in [0.15, 0.2) is 0 Å². The van der Waals surface area contributed by atoms with Gasteiger partial charge >= 0.3 is 5.97 Å². The summed E-state index contributed by atoms with van der Waals surface area (Å²) in [5, 5.41) is 9.76. The number of allylic oxidation sites excluding steroid dienone is 1. The number of carboxylic acids is 1. The van der Waals surface area contributed by atoms with Crippen molar-refractivity contribution in [3.05, 3.63) is 77.4 Å². The maximum atomic E-state index is 11.9. The standard InChI is InChI=1S/C23H22N2O4/c1-14-20(21(23(26)27)15(2)28-4)22(25-16(3)24-14)29-19-12-8-11-18(13-19)17-9-6-5-7-10-17/h5-13H,1-4H3,(H,26,27). The van der Waals surface area contributed by atoms with E-state index in [0.29, 0.717) is 22.8 Å². The van der Waals surface area contributed by atoms with Crippen molar-refractivity contribution in [1.82, 2.24) is 9.97 Å². The summed E-state index contributed by atoms with van der Waals surface area (Å²) in [5.74, 6) is 0.318. The molecule has 1 aromatic heterocycles. The Morgan fingerprint density at radius 2 is 1.66 bits per heavy atom. The number of aryl methyl sites for hydroxylation is 2. The van der Waals surface area contributed by atoms with Gasteiger partial charge in [-0.1, -0.05) is 42.5 Å². The van der Waals surface area contributed by atoms with Crippen LogP contribution in [0.15, 0.2) is 60.4 Å². The average Bonchev–Trinajstić information content (AvgIpc) is 2.70. The lowest BCUT2D eigenvalue weighted by Crippen LogP contribution is -2.10. The van der Waals surface area contributed by atoms with Gasteiger partial charge in [-0.3, -0.25) is 0 Å². The van der Waals surface area contributed by atoms with Gasteiger partial charge in [0.05, 0.1) is 18.4 Å². The molecule has 0 atom stereocenters. The molecule has 0 spiro atoms. The molecule has 148 valence electrons. The Morgan fingerprint density at radius 3 is 2.31 bits per heavy atom. The van der Waals surface area contributed by atoms with Gasteiger partial charge < -0.3 is 14.6 Å². The summed E-state index contributed by atoms with van der Waals surface area (Å²) in [5.41, 5.74) is 2.80. The molecule has 0 aliphatic rings. The lowest BCUT2D eigenvalue weighted by Gasteiger charge is -2.15. The zero-order chi connectivity index (χ0) is 21.0. The molecule has 6 heteroatoms. The van der Waals surface area contributed by atoms with E-state index in [-0.39, 0.29) is 17.2 Å². The molecular formula is C23H22N2O4. The van der Waals surface area contributed by atoms with Crippen molar-refractivity contribution in [2.45, 2.75) is 20.8 Å². The molecule has 3 rings (SSSR count). The van der Waals surface area contributed by atoms with Crippen molar-refractivity contribution >= 4 is 11.5 Å². The Kier molecular flexibility index (Phi) is 5.93. The Morgan fingerprint density at radius 1 is 0.966 bits per heavy atom. The first-order chi connectivity index (χ1) is 13.9. The van der Waals surface area contributed by atoms with Crippen LogP contribution in [0.2, 0.25) is 0 Å². The Hall–Kier alpha value is -3.67. The van der Waals surface area contributed by atoms with Gasteiger partial charge in [0.2, 0.25) is 5.88 Å². The molecule has 0 fully saturated rings. The second-order valence-corrected chi connectivity index (χ2v) is 6.47. The van der Waals surface area contributed by atoms with Gasteiger partial charge in [-0.15, -0.1) is 0 Å². The van der Waals surface area contributed by atoms with Crippen LogP contribution in [0.3, 0.4) is 0 Å². The van der Waals surface area contributed by atoms with E-state index in [4.69, 9.17) is 9.47 Å². The van der Waals surface area contributed by atoms with Crippen LogP contribution < -0.4 is 4.74 Å². The SMILES string of the molecule is COC(C)=C(C(=O)O)c1c(C)nc(C)nc1Oc1cccc(-c2ccccc2)c1. The van der Waals surface area contributed by atoms with Crippen LogP contribution in [-0.4, -0.2) is 28.2 Å². The molecule has 29 heavy (non-hydrogen) atoms. The minimum Gasteiger partial charge on any atom is -0.500 e. The largest absolute Gasteiger partial charge is 0.500 e. The first-order valence-corrected chi connectivity index (χ1v) is 9.07. The second-order valence-electron chi connectivity index (χ2n) is 6.47. The van der Waals surface area contributed by atoms with Crippen LogP contribution in [0.25, 0.3) is 16.7 Å². The molecule has 0 aliphatic carbocycles. The summed E-state index contributed by atoms with van der Waals surface area (Å²) < 4.78 is 11.2. The van der Waals surface area contributed by atoms with Crippen LogP contribution in [0.4, 0.5) is 0 Å².